The molecule has 104 valence electrons. The summed E-state index contributed by atoms with van der Waals surface area (Å²) in [5.41, 5.74) is 1.53. The normalized spacial score (nSPS) is 18.5. The van der Waals surface area contributed by atoms with E-state index in [0.717, 1.165) is 24.3 Å². The van der Waals surface area contributed by atoms with Crippen molar-refractivity contribution < 1.29 is 15.0 Å². The SMILES string of the molecule is CC(C)(O)CCN1CC(CC(=O)O)c2ccccc21. The molecule has 0 fully saturated rings. The van der Waals surface area contributed by atoms with Gasteiger partial charge in [0, 0.05) is 24.7 Å². The molecular weight excluding hydrogens is 242 g/mol. The van der Waals surface area contributed by atoms with Crippen molar-refractivity contribution in [2.45, 2.75) is 38.2 Å². The van der Waals surface area contributed by atoms with Gasteiger partial charge in [-0.25, -0.2) is 0 Å². The number of carboxylic acids is 1. The Balaban J connectivity index is 2.13. The summed E-state index contributed by atoms with van der Waals surface area (Å²) in [5.74, 6) is -0.709. The maximum absolute atomic E-state index is 10.9. The highest BCUT2D eigenvalue weighted by molar-refractivity contribution is 5.71. The number of anilines is 1. The lowest BCUT2D eigenvalue weighted by molar-refractivity contribution is -0.137. The third-order valence-electron chi connectivity index (χ3n) is 3.57. The third kappa shape index (κ3) is 3.47. The van der Waals surface area contributed by atoms with Gasteiger partial charge in [0.15, 0.2) is 0 Å². The van der Waals surface area contributed by atoms with Gasteiger partial charge < -0.3 is 15.1 Å². The molecule has 2 rings (SSSR count). The van der Waals surface area contributed by atoms with Crippen LogP contribution in [-0.2, 0) is 4.79 Å². The van der Waals surface area contributed by atoms with Gasteiger partial charge in [0.1, 0.15) is 0 Å². The van der Waals surface area contributed by atoms with Crippen LogP contribution in [0.25, 0.3) is 0 Å². The number of carbonyl (C=O) groups is 1. The van der Waals surface area contributed by atoms with Crippen LogP contribution in [0, 0.1) is 0 Å². The highest BCUT2D eigenvalue weighted by Crippen LogP contribution is 2.38. The van der Waals surface area contributed by atoms with Gasteiger partial charge in [-0.3, -0.25) is 4.79 Å². The number of carboxylic acid groups (broad SMARTS) is 1. The first-order valence-corrected chi connectivity index (χ1v) is 6.65. The van der Waals surface area contributed by atoms with Crippen molar-refractivity contribution in [3.8, 4) is 0 Å². The van der Waals surface area contributed by atoms with Crippen molar-refractivity contribution in [3.63, 3.8) is 0 Å². The molecule has 0 radical (unpaired) electrons. The second kappa shape index (κ2) is 5.21. The van der Waals surface area contributed by atoms with E-state index in [9.17, 15) is 9.90 Å². The average molecular weight is 263 g/mol. The van der Waals surface area contributed by atoms with E-state index in [4.69, 9.17) is 5.11 Å². The number of aliphatic carboxylic acids is 1. The molecule has 1 aliphatic heterocycles. The molecule has 0 saturated carbocycles. The van der Waals surface area contributed by atoms with Crippen molar-refractivity contribution in [2.24, 2.45) is 0 Å². The molecule has 0 aliphatic carbocycles. The van der Waals surface area contributed by atoms with Crippen molar-refractivity contribution in [1.29, 1.82) is 0 Å². The van der Waals surface area contributed by atoms with Crippen molar-refractivity contribution in [2.75, 3.05) is 18.0 Å². The van der Waals surface area contributed by atoms with Crippen LogP contribution in [0.1, 0.15) is 38.2 Å². The van der Waals surface area contributed by atoms with E-state index in [1.165, 1.54) is 0 Å². The molecule has 2 N–H and O–H groups in total. The van der Waals surface area contributed by atoms with Crippen LogP contribution in [0.5, 0.6) is 0 Å². The molecular formula is C15H21NO3. The van der Waals surface area contributed by atoms with E-state index < -0.39 is 11.6 Å². The molecule has 1 unspecified atom stereocenters. The zero-order chi connectivity index (χ0) is 14.0. The van der Waals surface area contributed by atoms with Crippen LogP contribution in [0.4, 0.5) is 5.69 Å². The van der Waals surface area contributed by atoms with Gasteiger partial charge in [-0.05, 0) is 31.9 Å². The third-order valence-corrected chi connectivity index (χ3v) is 3.57. The largest absolute Gasteiger partial charge is 0.481 e. The summed E-state index contributed by atoms with van der Waals surface area (Å²) in [6, 6.07) is 7.96. The first kappa shape index (κ1) is 13.9. The molecule has 1 aliphatic rings. The van der Waals surface area contributed by atoms with Crippen LogP contribution >= 0.6 is 0 Å². The van der Waals surface area contributed by atoms with E-state index >= 15 is 0 Å². The minimum absolute atomic E-state index is 0.0514. The van der Waals surface area contributed by atoms with E-state index in [-0.39, 0.29) is 12.3 Å². The predicted octanol–water partition coefficient (Wildman–Crippen LogP) is 2.23. The second-order valence-electron chi connectivity index (χ2n) is 5.86. The summed E-state index contributed by atoms with van der Waals surface area (Å²) in [6.45, 7) is 5.06. The predicted molar refractivity (Wildman–Crippen MR) is 74.6 cm³/mol. The van der Waals surface area contributed by atoms with Crippen LogP contribution in [0.2, 0.25) is 0 Å². The van der Waals surface area contributed by atoms with Crippen molar-refractivity contribution in [1.82, 2.24) is 0 Å². The van der Waals surface area contributed by atoms with Crippen LogP contribution in [-0.4, -0.2) is 34.9 Å². The quantitative estimate of drug-likeness (QED) is 0.855. The summed E-state index contributed by atoms with van der Waals surface area (Å²) in [6.07, 6.45) is 0.831. The van der Waals surface area contributed by atoms with Gasteiger partial charge in [0.2, 0.25) is 0 Å². The van der Waals surface area contributed by atoms with Crippen LogP contribution in [0.3, 0.4) is 0 Å². The molecule has 0 bridgehead atoms. The number of hydrogen-bond donors (Lipinski definition) is 2. The lowest BCUT2D eigenvalue weighted by Crippen LogP contribution is -2.30. The second-order valence-corrected chi connectivity index (χ2v) is 5.86. The van der Waals surface area contributed by atoms with Crippen LogP contribution in [0.15, 0.2) is 24.3 Å². The van der Waals surface area contributed by atoms with E-state index in [1.54, 1.807) is 13.8 Å². The summed E-state index contributed by atoms with van der Waals surface area (Å²) in [7, 11) is 0. The maximum Gasteiger partial charge on any atom is 0.304 e. The summed E-state index contributed by atoms with van der Waals surface area (Å²) < 4.78 is 0. The van der Waals surface area contributed by atoms with Crippen LogP contribution < -0.4 is 4.90 Å². The van der Waals surface area contributed by atoms with Gasteiger partial charge in [0.05, 0.1) is 12.0 Å². The molecule has 4 heteroatoms. The molecule has 1 aromatic rings. The highest BCUT2D eigenvalue weighted by atomic mass is 16.4. The number of para-hydroxylation sites is 1. The minimum atomic E-state index is -0.760. The Bertz CT molecular complexity index is 465. The Kier molecular flexibility index (Phi) is 3.80. The zero-order valence-corrected chi connectivity index (χ0v) is 11.5. The highest BCUT2D eigenvalue weighted by Gasteiger charge is 2.30. The molecule has 4 nitrogen and oxygen atoms in total. The van der Waals surface area contributed by atoms with Gasteiger partial charge in [-0.2, -0.15) is 0 Å². The minimum Gasteiger partial charge on any atom is -0.481 e. The standard InChI is InChI=1S/C15H21NO3/c1-15(2,19)7-8-16-10-11(9-14(17)18)12-5-3-4-6-13(12)16/h3-6,11,19H,7-10H2,1-2H3,(H,17,18). The van der Waals surface area contributed by atoms with E-state index in [0.29, 0.717) is 6.42 Å². The Morgan fingerprint density at radius 1 is 1.42 bits per heavy atom. The Hall–Kier alpha value is -1.55. The smallest absolute Gasteiger partial charge is 0.304 e. The van der Waals surface area contributed by atoms with E-state index in [2.05, 4.69) is 4.90 Å². The first-order valence-electron chi connectivity index (χ1n) is 6.65. The van der Waals surface area contributed by atoms with Gasteiger partial charge in [0.25, 0.3) is 0 Å². The lowest BCUT2D eigenvalue weighted by Gasteiger charge is -2.24. The number of nitrogens with zero attached hydrogens (tertiary/aromatic N) is 1. The molecule has 0 spiro atoms. The zero-order valence-electron chi connectivity index (χ0n) is 11.5. The number of aliphatic hydroxyl groups is 1. The molecule has 0 aromatic heterocycles. The molecule has 0 saturated heterocycles. The molecule has 0 amide bonds. The Morgan fingerprint density at radius 2 is 2.11 bits per heavy atom. The first-order chi connectivity index (χ1) is 8.87. The Morgan fingerprint density at radius 3 is 2.74 bits per heavy atom. The lowest BCUT2D eigenvalue weighted by atomic mass is 9.98. The fourth-order valence-corrected chi connectivity index (χ4v) is 2.59. The topological polar surface area (TPSA) is 60.8 Å². The summed E-state index contributed by atoms with van der Waals surface area (Å²) in [4.78, 5) is 13.1. The average Bonchev–Trinajstić information content (AvgIpc) is 2.64. The van der Waals surface area contributed by atoms with Gasteiger partial charge >= 0.3 is 5.97 Å². The molecule has 1 heterocycles. The fraction of sp³-hybridized carbons (Fsp3) is 0.533. The number of hydrogen-bond acceptors (Lipinski definition) is 3. The molecule has 1 atom stereocenters. The van der Waals surface area contributed by atoms with Gasteiger partial charge in [-0.1, -0.05) is 18.2 Å². The monoisotopic (exact) mass is 263 g/mol. The number of fused-ring (bicyclic) bond motifs is 1. The maximum atomic E-state index is 10.9. The summed E-state index contributed by atoms with van der Waals surface area (Å²) in [5, 5.41) is 18.8. The molecule has 19 heavy (non-hydrogen) atoms. The van der Waals surface area contributed by atoms with Crippen molar-refractivity contribution >= 4 is 11.7 Å². The van der Waals surface area contributed by atoms with Crippen molar-refractivity contribution in [3.05, 3.63) is 29.8 Å². The molecule has 1 aromatic carbocycles. The Labute approximate surface area is 113 Å². The number of rotatable bonds is 5. The summed E-state index contributed by atoms with van der Waals surface area (Å²) >= 11 is 0. The van der Waals surface area contributed by atoms with E-state index in [1.807, 2.05) is 24.3 Å². The fourth-order valence-electron chi connectivity index (χ4n) is 2.59. The number of benzene rings is 1. The van der Waals surface area contributed by atoms with Gasteiger partial charge in [-0.15, -0.1) is 0 Å².